The van der Waals surface area contributed by atoms with E-state index >= 15 is 0 Å². The number of Topliss-reactive ketones (excluding diaryl/α,β-unsaturated/α-hetero) is 1. The molecule has 0 aliphatic carbocycles. The Morgan fingerprint density at radius 1 is 1.57 bits per heavy atom. The van der Waals surface area contributed by atoms with Crippen LogP contribution < -0.4 is 4.74 Å². The second kappa shape index (κ2) is 3.35. The maximum Gasteiger partial charge on any atom is 0.183 e. The fourth-order valence-corrected chi connectivity index (χ4v) is 1.88. The number of ketones is 1. The highest BCUT2D eigenvalue weighted by Gasteiger charge is 2.28. The van der Waals surface area contributed by atoms with E-state index in [1.54, 1.807) is 6.92 Å². The Labute approximate surface area is 89.2 Å². The Bertz CT molecular complexity index is 403. The molecule has 1 atom stereocenters. The first-order valence-corrected chi connectivity index (χ1v) is 5.12. The summed E-state index contributed by atoms with van der Waals surface area (Å²) in [4.78, 5) is 11.3. The van der Waals surface area contributed by atoms with Gasteiger partial charge in [0.25, 0.3) is 0 Å². The second-order valence-corrected chi connectivity index (χ2v) is 4.35. The number of ether oxygens (including phenoxy) is 1. The van der Waals surface area contributed by atoms with Crippen molar-refractivity contribution < 1.29 is 13.9 Å². The number of alkyl halides is 1. The molecule has 0 bridgehead atoms. The van der Waals surface area contributed by atoms with Crippen LogP contribution in [0.2, 0.25) is 0 Å². The minimum Gasteiger partial charge on any atom is -0.491 e. The molecule has 0 aromatic heterocycles. The van der Waals surface area contributed by atoms with E-state index in [2.05, 4.69) is 15.9 Å². The molecular weight excluding hydrogens is 251 g/mol. The van der Waals surface area contributed by atoms with E-state index in [1.165, 1.54) is 12.1 Å². The first-order chi connectivity index (χ1) is 6.59. The van der Waals surface area contributed by atoms with Gasteiger partial charge in [-0.1, -0.05) is 15.9 Å². The van der Waals surface area contributed by atoms with E-state index in [-0.39, 0.29) is 10.6 Å². The molecule has 0 saturated carbocycles. The molecule has 1 heterocycles. The monoisotopic (exact) mass is 258 g/mol. The van der Waals surface area contributed by atoms with Crippen LogP contribution in [0.15, 0.2) is 12.1 Å². The number of aryl methyl sites for hydroxylation is 1. The zero-order chi connectivity index (χ0) is 10.3. The van der Waals surface area contributed by atoms with Crippen LogP contribution in [0.4, 0.5) is 4.39 Å². The Balaban J connectivity index is 2.60. The van der Waals surface area contributed by atoms with Gasteiger partial charge in [-0.25, -0.2) is 4.39 Å². The van der Waals surface area contributed by atoms with Crippen molar-refractivity contribution in [1.82, 2.24) is 0 Å². The summed E-state index contributed by atoms with van der Waals surface area (Å²) >= 11 is 3.18. The van der Waals surface area contributed by atoms with Crippen LogP contribution in [-0.4, -0.2) is 17.2 Å². The topological polar surface area (TPSA) is 26.3 Å². The van der Waals surface area contributed by atoms with E-state index in [4.69, 9.17) is 4.74 Å². The summed E-state index contributed by atoms with van der Waals surface area (Å²) < 4.78 is 18.4. The highest BCUT2D eigenvalue weighted by atomic mass is 79.9. The van der Waals surface area contributed by atoms with Crippen LogP contribution in [-0.2, 0) is 0 Å². The highest BCUT2D eigenvalue weighted by molar-refractivity contribution is 9.10. The summed E-state index contributed by atoms with van der Waals surface area (Å²) in [5, 5.41) is 0. The molecule has 0 radical (unpaired) electrons. The number of halogens is 2. The first kappa shape index (κ1) is 9.65. The summed E-state index contributed by atoms with van der Waals surface area (Å²) in [5.41, 5.74) is 0.989. The number of fused-ring (bicyclic) bond motifs is 1. The molecule has 0 saturated heterocycles. The number of carbonyl (C=O) groups excluding carboxylic acids is 1. The molecule has 0 N–H and O–H groups in total. The lowest BCUT2D eigenvalue weighted by molar-refractivity contribution is 0.0945. The van der Waals surface area contributed by atoms with E-state index < -0.39 is 5.82 Å². The van der Waals surface area contributed by atoms with Crippen molar-refractivity contribution in [2.45, 2.75) is 11.8 Å². The number of rotatable bonds is 0. The molecule has 1 aromatic carbocycles. The van der Waals surface area contributed by atoms with Crippen LogP contribution >= 0.6 is 15.9 Å². The lowest BCUT2D eigenvalue weighted by Gasteiger charge is -2.21. The van der Waals surface area contributed by atoms with Gasteiger partial charge in [-0.05, 0) is 24.6 Å². The van der Waals surface area contributed by atoms with Crippen molar-refractivity contribution in [3.63, 3.8) is 0 Å². The molecule has 1 unspecified atom stereocenters. The molecule has 2 rings (SSSR count). The predicted molar refractivity (Wildman–Crippen MR) is 53.7 cm³/mol. The second-order valence-electron chi connectivity index (χ2n) is 3.24. The maximum absolute atomic E-state index is 13.0. The van der Waals surface area contributed by atoms with Crippen molar-refractivity contribution >= 4 is 21.7 Å². The largest absolute Gasteiger partial charge is 0.491 e. The molecule has 0 fully saturated rings. The zero-order valence-electron chi connectivity index (χ0n) is 7.51. The van der Waals surface area contributed by atoms with Crippen molar-refractivity contribution in [3.05, 3.63) is 29.1 Å². The van der Waals surface area contributed by atoms with Crippen molar-refractivity contribution in [2.75, 3.05) is 6.61 Å². The highest BCUT2D eigenvalue weighted by Crippen LogP contribution is 2.31. The van der Waals surface area contributed by atoms with Gasteiger partial charge >= 0.3 is 0 Å². The van der Waals surface area contributed by atoms with Crippen LogP contribution in [0.5, 0.6) is 5.75 Å². The Morgan fingerprint density at radius 3 is 3.00 bits per heavy atom. The van der Waals surface area contributed by atoms with Crippen molar-refractivity contribution in [2.24, 2.45) is 0 Å². The third-order valence-corrected chi connectivity index (χ3v) is 2.84. The normalized spacial score (nSPS) is 20.2. The van der Waals surface area contributed by atoms with Crippen LogP contribution in [0, 0.1) is 12.7 Å². The quantitative estimate of drug-likeness (QED) is 0.669. The van der Waals surface area contributed by atoms with Gasteiger partial charge in [0.05, 0.1) is 5.56 Å². The average Bonchev–Trinajstić information content (AvgIpc) is 2.12. The predicted octanol–water partition coefficient (Wildman–Crippen LogP) is 2.47. The van der Waals surface area contributed by atoms with Gasteiger partial charge in [-0.3, -0.25) is 4.79 Å². The molecular formula is C10H8BrFO2. The van der Waals surface area contributed by atoms with Gasteiger partial charge in [0, 0.05) is 0 Å². The van der Waals surface area contributed by atoms with E-state index in [0.717, 1.165) is 0 Å². The molecule has 0 amide bonds. The molecule has 1 aromatic rings. The number of carbonyl (C=O) groups is 1. The standard InChI is InChI=1S/C10H8BrFO2/c1-5-2-6(12)3-7-9(13)8(11)4-14-10(5)7/h2-3,8H,4H2,1H3. The lowest BCUT2D eigenvalue weighted by atomic mass is 10.0. The van der Waals surface area contributed by atoms with Gasteiger partial charge in [-0.15, -0.1) is 0 Å². The summed E-state index contributed by atoms with van der Waals surface area (Å²) in [5.74, 6) is -0.0132. The van der Waals surface area contributed by atoms with Crippen LogP contribution in [0.1, 0.15) is 15.9 Å². The Morgan fingerprint density at radius 2 is 2.29 bits per heavy atom. The molecule has 2 nitrogen and oxygen atoms in total. The molecule has 4 heteroatoms. The van der Waals surface area contributed by atoms with E-state index in [1.807, 2.05) is 0 Å². The fourth-order valence-electron chi connectivity index (χ4n) is 1.51. The maximum atomic E-state index is 13.0. The van der Waals surface area contributed by atoms with Gasteiger partial charge in [0.2, 0.25) is 0 Å². The molecule has 1 aliphatic heterocycles. The summed E-state index contributed by atoms with van der Waals surface area (Å²) in [6.45, 7) is 2.03. The van der Waals surface area contributed by atoms with Gasteiger partial charge < -0.3 is 4.74 Å². The van der Waals surface area contributed by atoms with Gasteiger partial charge in [0.1, 0.15) is 23.0 Å². The molecule has 0 spiro atoms. The average molecular weight is 259 g/mol. The third kappa shape index (κ3) is 1.43. The first-order valence-electron chi connectivity index (χ1n) is 4.21. The number of hydrogen-bond donors (Lipinski definition) is 0. The molecule has 1 aliphatic rings. The Hall–Kier alpha value is -0.900. The van der Waals surface area contributed by atoms with Crippen LogP contribution in [0.25, 0.3) is 0 Å². The zero-order valence-corrected chi connectivity index (χ0v) is 9.10. The number of benzene rings is 1. The summed E-state index contributed by atoms with van der Waals surface area (Å²) in [7, 11) is 0. The molecule has 74 valence electrons. The van der Waals surface area contributed by atoms with Gasteiger partial charge in [-0.2, -0.15) is 0 Å². The summed E-state index contributed by atoms with van der Waals surface area (Å²) in [6, 6.07) is 2.58. The van der Waals surface area contributed by atoms with Gasteiger partial charge in [0.15, 0.2) is 5.78 Å². The van der Waals surface area contributed by atoms with Crippen molar-refractivity contribution in [3.8, 4) is 5.75 Å². The Kier molecular flexibility index (Phi) is 2.31. The molecule has 14 heavy (non-hydrogen) atoms. The van der Waals surface area contributed by atoms with Crippen molar-refractivity contribution in [1.29, 1.82) is 0 Å². The smallest absolute Gasteiger partial charge is 0.183 e. The fraction of sp³-hybridized carbons (Fsp3) is 0.300. The van der Waals surface area contributed by atoms with Crippen LogP contribution in [0.3, 0.4) is 0 Å². The third-order valence-electron chi connectivity index (χ3n) is 2.16. The number of hydrogen-bond acceptors (Lipinski definition) is 2. The minimum absolute atomic E-state index is 0.117. The van der Waals surface area contributed by atoms with E-state index in [0.29, 0.717) is 23.5 Å². The van der Waals surface area contributed by atoms with E-state index in [9.17, 15) is 9.18 Å². The summed E-state index contributed by atoms with van der Waals surface area (Å²) in [6.07, 6.45) is 0. The lowest BCUT2D eigenvalue weighted by Crippen LogP contribution is -2.28. The SMILES string of the molecule is Cc1cc(F)cc2c1OCC(Br)C2=O. The minimum atomic E-state index is -0.403.